The maximum Gasteiger partial charge on any atom is 0.231 e. The summed E-state index contributed by atoms with van der Waals surface area (Å²) in [7, 11) is 7.72. The number of hydrogen-bond acceptors (Lipinski definition) is 5. The molecular formula is C22H28NO5+. The first kappa shape index (κ1) is 18.9. The molecule has 28 heavy (non-hydrogen) atoms. The van der Waals surface area contributed by atoms with Gasteiger partial charge in [-0.05, 0) is 29.3 Å². The van der Waals surface area contributed by atoms with Gasteiger partial charge in [0, 0.05) is 12.8 Å². The van der Waals surface area contributed by atoms with Crippen molar-refractivity contribution in [2.75, 3.05) is 41.7 Å². The Balaban J connectivity index is 1.72. The smallest absolute Gasteiger partial charge is 0.231 e. The molecule has 150 valence electrons. The van der Waals surface area contributed by atoms with Crippen LogP contribution in [0.25, 0.3) is 0 Å². The average molecular weight is 386 g/mol. The normalized spacial score (nSPS) is 20.4. The van der Waals surface area contributed by atoms with Crippen LogP contribution in [0.1, 0.15) is 35.3 Å². The molecule has 0 saturated heterocycles. The molecule has 0 aromatic heterocycles. The number of benzene rings is 2. The lowest BCUT2D eigenvalue weighted by Gasteiger charge is -2.44. The van der Waals surface area contributed by atoms with E-state index in [-0.39, 0.29) is 12.8 Å². The fraction of sp³-hybridized carbons (Fsp3) is 0.455. The van der Waals surface area contributed by atoms with Crippen LogP contribution in [0, 0.1) is 0 Å². The third kappa shape index (κ3) is 3.16. The van der Waals surface area contributed by atoms with Gasteiger partial charge in [0.15, 0.2) is 11.5 Å². The van der Waals surface area contributed by atoms with Gasteiger partial charge in [0.25, 0.3) is 0 Å². The Kier molecular flexibility index (Phi) is 4.85. The van der Waals surface area contributed by atoms with Gasteiger partial charge in [0.05, 0.1) is 46.5 Å². The molecule has 0 radical (unpaired) electrons. The van der Waals surface area contributed by atoms with E-state index in [1.54, 1.807) is 14.2 Å². The zero-order chi connectivity index (χ0) is 19.9. The number of quaternary nitrogens is 1. The topological polar surface area (TPSA) is 57.2 Å². The van der Waals surface area contributed by atoms with Crippen LogP contribution < -0.4 is 18.9 Å². The van der Waals surface area contributed by atoms with Crippen molar-refractivity contribution >= 4 is 0 Å². The summed E-state index contributed by atoms with van der Waals surface area (Å²) < 4.78 is 23.1. The molecule has 0 fully saturated rings. The van der Waals surface area contributed by atoms with E-state index in [0.29, 0.717) is 12.2 Å². The summed E-state index contributed by atoms with van der Waals surface area (Å²) in [5.41, 5.74) is 3.22. The predicted molar refractivity (Wildman–Crippen MR) is 105 cm³/mol. The van der Waals surface area contributed by atoms with Crippen molar-refractivity contribution in [2.45, 2.75) is 25.0 Å². The van der Waals surface area contributed by atoms with Gasteiger partial charge in [-0.1, -0.05) is 12.1 Å². The first-order chi connectivity index (χ1) is 13.4. The fourth-order valence-electron chi connectivity index (χ4n) is 4.34. The number of methoxy groups -OCH3 is 2. The van der Waals surface area contributed by atoms with Crippen LogP contribution in [-0.2, 0) is 6.42 Å². The molecule has 1 N–H and O–H groups in total. The van der Waals surface area contributed by atoms with Gasteiger partial charge in [0.2, 0.25) is 12.5 Å². The third-order valence-electron chi connectivity index (χ3n) is 6.03. The molecule has 6 nitrogen and oxygen atoms in total. The van der Waals surface area contributed by atoms with Crippen molar-refractivity contribution in [1.29, 1.82) is 0 Å². The molecule has 0 saturated carbocycles. The average Bonchev–Trinajstić information content (AvgIpc) is 3.16. The largest absolute Gasteiger partial charge is 0.497 e. The van der Waals surface area contributed by atoms with E-state index in [2.05, 4.69) is 20.2 Å². The highest BCUT2D eigenvalue weighted by molar-refractivity contribution is 5.61. The molecular weight excluding hydrogens is 358 g/mol. The molecule has 2 heterocycles. The van der Waals surface area contributed by atoms with Crippen molar-refractivity contribution in [3.63, 3.8) is 0 Å². The molecule has 0 bridgehead atoms. The van der Waals surface area contributed by atoms with Gasteiger partial charge < -0.3 is 28.5 Å². The number of aliphatic hydroxyl groups is 1. The van der Waals surface area contributed by atoms with Crippen molar-refractivity contribution < 1.29 is 28.5 Å². The molecule has 2 aromatic rings. The standard InChI is InChI=1S/C22H28NO5/c1-23(2)10-9-15-11-19-21(28-13-27-19)22(26-4)20(15)17(23)12-18(24)14-5-7-16(25-3)8-6-14/h5-8,11,17-18,24H,9-10,12-13H2,1-4H3/q+1/t17-,18-/m1/s1. The molecule has 2 aromatic carbocycles. The maximum absolute atomic E-state index is 11.0. The van der Waals surface area contributed by atoms with Gasteiger partial charge in [-0.15, -0.1) is 0 Å². The summed E-state index contributed by atoms with van der Waals surface area (Å²) in [5.74, 6) is 2.94. The molecule has 0 spiro atoms. The minimum Gasteiger partial charge on any atom is -0.497 e. The summed E-state index contributed by atoms with van der Waals surface area (Å²) in [5, 5.41) is 11.0. The minimum absolute atomic E-state index is 0.0744. The number of rotatable bonds is 5. The Labute approximate surface area is 165 Å². The summed E-state index contributed by atoms with van der Waals surface area (Å²) in [6.45, 7) is 1.20. The van der Waals surface area contributed by atoms with Crippen LogP contribution in [0.3, 0.4) is 0 Å². The van der Waals surface area contributed by atoms with Crippen molar-refractivity contribution in [2.24, 2.45) is 0 Å². The second-order valence-electron chi connectivity index (χ2n) is 8.01. The number of nitrogens with zero attached hydrogens (tertiary/aromatic N) is 1. The highest BCUT2D eigenvalue weighted by atomic mass is 16.7. The van der Waals surface area contributed by atoms with Crippen LogP contribution in [0.5, 0.6) is 23.0 Å². The fourth-order valence-corrected chi connectivity index (χ4v) is 4.34. The number of fused-ring (bicyclic) bond motifs is 2. The Morgan fingerprint density at radius 3 is 2.57 bits per heavy atom. The van der Waals surface area contributed by atoms with Crippen LogP contribution in [-0.4, -0.2) is 51.2 Å². The molecule has 0 amide bonds. The van der Waals surface area contributed by atoms with Crippen molar-refractivity contribution in [3.8, 4) is 23.0 Å². The summed E-state index contributed by atoms with van der Waals surface area (Å²) in [6, 6.07) is 9.75. The van der Waals surface area contributed by atoms with Gasteiger partial charge in [-0.25, -0.2) is 0 Å². The van der Waals surface area contributed by atoms with E-state index in [0.717, 1.165) is 45.8 Å². The minimum atomic E-state index is -0.589. The van der Waals surface area contributed by atoms with Crippen LogP contribution in [0.4, 0.5) is 0 Å². The zero-order valence-corrected chi connectivity index (χ0v) is 16.9. The van der Waals surface area contributed by atoms with Crippen LogP contribution in [0.15, 0.2) is 30.3 Å². The van der Waals surface area contributed by atoms with E-state index >= 15 is 0 Å². The number of aliphatic hydroxyl groups excluding tert-OH is 1. The SMILES string of the molecule is COc1ccc([C@H](O)C[C@@H]2c3c(cc4c(c3OC)OCO4)CC[N+]2(C)C)cc1. The van der Waals surface area contributed by atoms with Gasteiger partial charge >= 0.3 is 0 Å². The second kappa shape index (κ2) is 7.18. The summed E-state index contributed by atoms with van der Waals surface area (Å²) >= 11 is 0. The highest BCUT2D eigenvalue weighted by Gasteiger charge is 2.42. The Bertz CT molecular complexity index is 862. The Morgan fingerprint density at radius 2 is 1.89 bits per heavy atom. The summed E-state index contributed by atoms with van der Waals surface area (Å²) in [4.78, 5) is 0. The monoisotopic (exact) mass is 386 g/mol. The van der Waals surface area contributed by atoms with E-state index in [9.17, 15) is 5.11 Å². The number of likely N-dealkylation sites (N-methyl/N-ethyl adjacent to an activating group) is 1. The molecule has 0 unspecified atom stereocenters. The third-order valence-corrected chi connectivity index (χ3v) is 6.03. The number of ether oxygens (including phenoxy) is 4. The first-order valence-electron chi connectivity index (χ1n) is 9.58. The van der Waals surface area contributed by atoms with E-state index in [1.165, 1.54) is 5.56 Å². The number of hydrogen-bond donors (Lipinski definition) is 1. The van der Waals surface area contributed by atoms with Crippen LogP contribution in [0.2, 0.25) is 0 Å². The molecule has 0 aliphatic carbocycles. The van der Waals surface area contributed by atoms with E-state index in [1.807, 2.05) is 24.3 Å². The lowest BCUT2D eigenvalue weighted by atomic mass is 9.85. The van der Waals surface area contributed by atoms with Gasteiger partial charge in [0.1, 0.15) is 11.8 Å². The Hall–Kier alpha value is -2.44. The molecule has 2 aliphatic rings. The summed E-state index contributed by atoms with van der Waals surface area (Å²) in [6.07, 6.45) is 0.932. The van der Waals surface area contributed by atoms with Gasteiger partial charge in [-0.3, -0.25) is 0 Å². The molecule has 6 heteroatoms. The molecule has 4 rings (SSSR count). The maximum atomic E-state index is 11.0. The Morgan fingerprint density at radius 1 is 1.14 bits per heavy atom. The van der Waals surface area contributed by atoms with E-state index < -0.39 is 6.10 Å². The van der Waals surface area contributed by atoms with Crippen molar-refractivity contribution in [3.05, 3.63) is 47.0 Å². The lowest BCUT2D eigenvalue weighted by Crippen LogP contribution is -2.48. The van der Waals surface area contributed by atoms with E-state index in [4.69, 9.17) is 18.9 Å². The van der Waals surface area contributed by atoms with Gasteiger partial charge in [-0.2, -0.15) is 0 Å². The zero-order valence-electron chi connectivity index (χ0n) is 16.9. The quantitative estimate of drug-likeness (QED) is 0.800. The second-order valence-corrected chi connectivity index (χ2v) is 8.01. The highest BCUT2D eigenvalue weighted by Crippen LogP contribution is 2.52. The van der Waals surface area contributed by atoms with Crippen molar-refractivity contribution in [1.82, 2.24) is 0 Å². The van der Waals surface area contributed by atoms with Crippen LogP contribution >= 0.6 is 0 Å². The molecule has 2 atom stereocenters. The molecule has 2 aliphatic heterocycles. The predicted octanol–water partition coefficient (Wildman–Crippen LogP) is 3.23. The first-order valence-corrected chi connectivity index (χ1v) is 9.58. The lowest BCUT2D eigenvalue weighted by molar-refractivity contribution is -0.924.